The third-order valence-corrected chi connectivity index (χ3v) is 5.52. The summed E-state index contributed by atoms with van der Waals surface area (Å²) in [5.41, 5.74) is 8.39. The summed E-state index contributed by atoms with van der Waals surface area (Å²) in [6, 6.07) is 12.4. The molecule has 1 unspecified atom stereocenters. The Bertz CT molecular complexity index is 1230. The number of benzene rings is 2. The first kappa shape index (κ1) is 22.9. The van der Waals surface area contributed by atoms with E-state index in [1.54, 1.807) is 49.6 Å². The first-order valence-corrected chi connectivity index (χ1v) is 10.6. The Labute approximate surface area is 196 Å². The normalized spacial score (nSPS) is 15.0. The molecule has 176 valence electrons. The standard InChI is InChI=1S/C25H25N3O6/c1-15-18(16(2)34-27-15)14-32-21-10-8-17(12-22(21)31-3)9-11-24(29)28-13-23(25(26)30)33-20-7-5-4-6-19(20)28/h4-12,23H,13-14H2,1-3H3,(H2,26,30)/b11-9+. The summed E-state index contributed by atoms with van der Waals surface area (Å²) in [5.74, 6) is 1.27. The van der Waals surface area contributed by atoms with Crippen molar-refractivity contribution in [3.8, 4) is 17.2 Å². The van der Waals surface area contributed by atoms with Gasteiger partial charge in [-0.1, -0.05) is 23.4 Å². The van der Waals surface area contributed by atoms with Gasteiger partial charge >= 0.3 is 0 Å². The van der Waals surface area contributed by atoms with Crippen molar-refractivity contribution >= 4 is 23.6 Å². The molecule has 9 nitrogen and oxygen atoms in total. The van der Waals surface area contributed by atoms with Gasteiger partial charge in [-0.25, -0.2) is 0 Å². The van der Waals surface area contributed by atoms with E-state index >= 15 is 0 Å². The van der Waals surface area contributed by atoms with E-state index in [0.717, 1.165) is 16.8 Å². The van der Waals surface area contributed by atoms with Gasteiger partial charge in [0.1, 0.15) is 18.1 Å². The van der Waals surface area contributed by atoms with Gasteiger partial charge in [-0.3, -0.25) is 9.59 Å². The van der Waals surface area contributed by atoms with Gasteiger partial charge < -0.3 is 29.4 Å². The summed E-state index contributed by atoms with van der Waals surface area (Å²) in [6.07, 6.45) is 2.18. The lowest BCUT2D eigenvalue weighted by Crippen LogP contribution is -2.49. The number of aromatic nitrogens is 1. The maximum Gasteiger partial charge on any atom is 0.260 e. The van der Waals surface area contributed by atoms with Gasteiger partial charge in [-0.05, 0) is 49.8 Å². The summed E-state index contributed by atoms with van der Waals surface area (Å²) in [6.45, 7) is 4.02. The highest BCUT2D eigenvalue weighted by Crippen LogP contribution is 2.34. The lowest BCUT2D eigenvalue weighted by atomic mass is 10.1. The summed E-state index contributed by atoms with van der Waals surface area (Å²) < 4.78 is 22.1. The molecule has 1 aliphatic heterocycles. The van der Waals surface area contributed by atoms with Crippen LogP contribution in [-0.2, 0) is 16.2 Å². The molecular formula is C25H25N3O6. The van der Waals surface area contributed by atoms with Crippen molar-refractivity contribution in [1.29, 1.82) is 0 Å². The van der Waals surface area contributed by atoms with Crippen LogP contribution in [0.2, 0.25) is 0 Å². The third-order valence-electron chi connectivity index (χ3n) is 5.52. The van der Waals surface area contributed by atoms with E-state index in [-0.39, 0.29) is 12.5 Å². The summed E-state index contributed by atoms with van der Waals surface area (Å²) >= 11 is 0. The van der Waals surface area contributed by atoms with E-state index < -0.39 is 12.0 Å². The molecule has 3 aromatic rings. The van der Waals surface area contributed by atoms with Gasteiger partial charge in [0.2, 0.25) is 0 Å². The highest BCUT2D eigenvalue weighted by molar-refractivity contribution is 6.05. The van der Waals surface area contributed by atoms with Crippen molar-refractivity contribution < 1.29 is 28.3 Å². The highest BCUT2D eigenvalue weighted by atomic mass is 16.5. The Hall–Kier alpha value is -4.27. The smallest absolute Gasteiger partial charge is 0.260 e. The van der Waals surface area contributed by atoms with Crippen LogP contribution in [0, 0.1) is 13.8 Å². The van der Waals surface area contributed by atoms with Crippen molar-refractivity contribution in [2.45, 2.75) is 26.6 Å². The van der Waals surface area contributed by atoms with Crippen LogP contribution in [0.15, 0.2) is 53.1 Å². The van der Waals surface area contributed by atoms with E-state index in [1.807, 2.05) is 19.9 Å². The van der Waals surface area contributed by atoms with Crippen LogP contribution >= 0.6 is 0 Å². The predicted molar refractivity (Wildman–Crippen MR) is 125 cm³/mol. The molecule has 0 saturated carbocycles. The molecule has 2 heterocycles. The molecule has 34 heavy (non-hydrogen) atoms. The zero-order chi connectivity index (χ0) is 24.2. The molecule has 2 aromatic carbocycles. The number of ether oxygens (including phenoxy) is 3. The predicted octanol–water partition coefficient (Wildman–Crippen LogP) is 3.17. The molecule has 4 rings (SSSR count). The van der Waals surface area contributed by atoms with E-state index in [4.69, 9.17) is 24.5 Å². The second-order valence-electron chi connectivity index (χ2n) is 7.76. The zero-order valence-corrected chi connectivity index (χ0v) is 19.1. The van der Waals surface area contributed by atoms with Crippen LogP contribution in [0.4, 0.5) is 5.69 Å². The lowest BCUT2D eigenvalue weighted by Gasteiger charge is -2.32. The number of anilines is 1. The van der Waals surface area contributed by atoms with Crippen molar-refractivity contribution in [1.82, 2.24) is 5.16 Å². The minimum Gasteiger partial charge on any atom is -0.493 e. The van der Waals surface area contributed by atoms with Crippen molar-refractivity contribution in [3.05, 3.63) is 71.1 Å². The zero-order valence-electron chi connectivity index (χ0n) is 19.1. The molecule has 0 fully saturated rings. The average Bonchev–Trinajstić information content (AvgIpc) is 3.17. The molecule has 0 saturated heterocycles. The lowest BCUT2D eigenvalue weighted by molar-refractivity contribution is -0.125. The number of methoxy groups -OCH3 is 1. The molecule has 0 spiro atoms. The highest BCUT2D eigenvalue weighted by Gasteiger charge is 2.31. The van der Waals surface area contributed by atoms with Gasteiger partial charge in [0, 0.05) is 6.08 Å². The van der Waals surface area contributed by atoms with Gasteiger partial charge in [0.25, 0.3) is 11.8 Å². The summed E-state index contributed by atoms with van der Waals surface area (Å²) in [7, 11) is 1.55. The SMILES string of the molecule is COc1cc(/C=C/C(=O)N2CC(C(N)=O)Oc3ccccc32)ccc1OCc1c(C)noc1C. The largest absolute Gasteiger partial charge is 0.493 e. The van der Waals surface area contributed by atoms with Crippen molar-refractivity contribution in [2.75, 3.05) is 18.6 Å². The van der Waals surface area contributed by atoms with Crippen LogP contribution in [0.5, 0.6) is 17.2 Å². The monoisotopic (exact) mass is 463 g/mol. The maximum absolute atomic E-state index is 13.0. The summed E-state index contributed by atoms with van der Waals surface area (Å²) in [4.78, 5) is 26.1. The number of carbonyl (C=O) groups excluding carboxylic acids is 2. The van der Waals surface area contributed by atoms with Crippen molar-refractivity contribution in [3.63, 3.8) is 0 Å². The number of amides is 2. The topological polar surface area (TPSA) is 117 Å². The molecule has 1 aromatic heterocycles. The van der Waals surface area contributed by atoms with E-state index in [9.17, 15) is 9.59 Å². The minimum atomic E-state index is -0.915. The molecule has 2 amide bonds. The number of hydrogen-bond donors (Lipinski definition) is 1. The Morgan fingerprint density at radius 3 is 2.71 bits per heavy atom. The molecule has 1 atom stereocenters. The van der Waals surface area contributed by atoms with Crippen LogP contribution in [0.1, 0.15) is 22.6 Å². The number of fused-ring (bicyclic) bond motifs is 1. The fourth-order valence-corrected chi connectivity index (χ4v) is 3.61. The molecular weight excluding hydrogens is 438 g/mol. The third kappa shape index (κ3) is 4.73. The van der Waals surface area contributed by atoms with Crippen LogP contribution in [0.3, 0.4) is 0 Å². The number of rotatable bonds is 7. The number of aryl methyl sites for hydroxylation is 2. The Balaban J connectivity index is 1.50. The molecule has 0 bridgehead atoms. The van der Waals surface area contributed by atoms with Crippen LogP contribution in [0.25, 0.3) is 6.08 Å². The van der Waals surface area contributed by atoms with Crippen LogP contribution in [-0.4, -0.2) is 36.7 Å². The fourth-order valence-electron chi connectivity index (χ4n) is 3.61. The van der Waals surface area contributed by atoms with E-state index in [0.29, 0.717) is 35.3 Å². The van der Waals surface area contributed by atoms with Gasteiger partial charge in [0.05, 0.1) is 30.6 Å². The number of nitrogens with two attached hydrogens (primary N) is 1. The van der Waals surface area contributed by atoms with Crippen molar-refractivity contribution in [2.24, 2.45) is 5.73 Å². The Morgan fingerprint density at radius 2 is 2.00 bits per heavy atom. The second-order valence-corrected chi connectivity index (χ2v) is 7.76. The molecule has 0 radical (unpaired) electrons. The average molecular weight is 463 g/mol. The van der Waals surface area contributed by atoms with Crippen LogP contribution < -0.4 is 24.8 Å². The quantitative estimate of drug-likeness (QED) is 0.535. The molecule has 0 aliphatic carbocycles. The van der Waals surface area contributed by atoms with Gasteiger partial charge in [-0.2, -0.15) is 0 Å². The van der Waals surface area contributed by atoms with E-state index in [2.05, 4.69) is 5.16 Å². The number of carbonyl (C=O) groups is 2. The number of primary amides is 1. The fraction of sp³-hybridized carbons (Fsp3) is 0.240. The molecule has 9 heteroatoms. The maximum atomic E-state index is 13.0. The molecule has 2 N–H and O–H groups in total. The molecule has 1 aliphatic rings. The Morgan fingerprint density at radius 1 is 1.21 bits per heavy atom. The number of hydrogen-bond acceptors (Lipinski definition) is 7. The van der Waals surface area contributed by atoms with Gasteiger partial charge in [-0.15, -0.1) is 0 Å². The van der Waals surface area contributed by atoms with Gasteiger partial charge in [0.15, 0.2) is 17.6 Å². The summed E-state index contributed by atoms with van der Waals surface area (Å²) in [5, 5.41) is 3.93. The first-order valence-electron chi connectivity index (χ1n) is 10.6. The Kier molecular flexibility index (Phi) is 6.53. The minimum absolute atomic E-state index is 0.0350. The first-order chi connectivity index (χ1) is 16.4. The number of nitrogens with zero attached hydrogens (tertiary/aromatic N) is 2. The van der Waals surface area contributed by atoms with E-state index in [1.165, 1.54) is 11.0 Å². The second kappa shape index (κ2) is 9.70. The number of para-hydroxylation sites is 2.